The molecule has 3 aromatic carbocycles. The van der Waals surface area contributed by atoms with E-state index in [1.807, 2.05) is 18.2 Å². The van der Waals surface area contributed by atoms with Gasteiger partial charge in [-0.05, 0) is 54.1 Å². The maximum Gasteiger partial charge on any atom is 0.363 e. The predicted molar refractivity (Wildman–Crippen MR) is 121 cm³/mol. The van der Waals surface area contributed by atoms with Crippen molar-refractivity contribution in [1.82, 2.24) is 0 Å². The zero-order valence-electron chi connectivity index (χ0n) is 16.8. The van der Waals surface area contributed by atoms with Crippen LogP contribution in [0, 0.1) is 5.82 Å². The zero-order chi connectivity index (χ0) is 22.7. The Bertz CT molecular complexity index is 1240. The Morgan fingerprint density at radius 2 is 1.81 bits per heavy atom. The van der Waals surface area contributed by atoms with Crippen molar-refractivity contribution in [2.75, 3.05) is 7.11 Å². The first-order valence-corrected chi connectivity index (χ1v) is 10.2. The van der Waals surface area contributed by atoms with Gasteiger partial charge in [-0.1, -0.05) is 41.4 Å². The van der Waals surface area contributed by atoms with E-state index in [1.165, 1.54) is 37.5 Å². The molecule has 0 aliphatic carbocycles. The summed E-state index contributed by atoms with van der Waals surface area (Å²) in [4.78, 5) is 16.5. The number of methoxy groups -OCH3 is 1. The number of carbonyl (C=O) groups is 1. The van der Waals surface area contributed by atoms with Crippen LogP contribution in [0.3, 0.4) is 0 Å². The van der Waals surface area contributed by atoms with Crippen LogP contribution < -0.4 is 9.47 Å². The zero-order valence-corrected chi connectivity index (χ0v) is 18.3. The summed E-state index contributed by atoms with van der Waals surface area (Å²) in [5, 5.41) is 0.871. The molecule has 0 aromatic heterocycles. The van der Waals surface area contributed by atoms with Gasteiger partial charge in [-0.15, -0.1) is 0 Å². The fourth-order valence-corrected chi connectivity index (χ4v) is 3.48. The van der Waals surface area contributed by atoms with Gasteiger partial charge < -0.3 is 14.2 Å². The molecule has 1 heterocycles. The molecule has 8 heteroatoms. The lowest BCUT2D eigenvalue weighted by Crippen LogP contribution is -2.05. The average molecular weight is 472 g/mol. The molecule has 0 fully saturated rings. The van der Waals surface area contributed by atoms with E-state index < -0.39 is 11.8 Å². The fourth-order valence-electron chi connectivity index (χ4n) is 3.01. The van der Waals surface area contributed by atoms with E-state index in [0.29, 0.717) is 27.6 Å². The molecule has 3 aromatic rings. The number of halogens is 3. The molecule has 0 unspecified atom stereocenters. The summed E-state index contributed by atoms with van der Waals surface area (Å²) in [5.74, 6) is -0.197. The first-order chi connectivity index (χ1) is 15.4. The summed E-state index contributed by atoms with van der Waals surface area (Å²) in [5.41, 5.74) is 1.93. The average Bonchev–Trinajstić information content (AvgIpc) is 3.14. The lowest BCUT2D eigenvalue weighted by Gasteiger charge is -2.14. The minimum Gasteiger partial charge on any atom is -0.493 e. The Morgan fingerprint density at radius 1 is 1.06 bits per heavy atom. The van der Waals surface area contributed by atoms with E-state index in [-0.39, 0.29) is 23.2 Å². The van der Waals surface area contributed by atoms with Crippen molar-refractivity contribution in [2.45, 2.75) is 6.61 Å². The number of cyclic esters (lactones) is 1. The highest BCUT2D eigenvalue weighted by atomic mass is 35.5. The summed E-state index contributed by atoms with van der Waals surface area (Å²) in [6.45, 7) is 0.202. The summed E-state index contributed by atoms with van der Waals surface area (Å²) in [6, 6.07) is 16.1. The van der Waals surface area contributed by atoms with Crippen molar-refractivity contribution in [3.8, 4) is 11.5 Å². The molecule has 0 bridgehead atoms. The highest BCUT2D eigenvalue weighted by Crippen LogP contribution is 2.38. The molecule has 0 atom stereocenters. The van der Waals surface area contributed by atoms with Crippen LogP contribution in [0.5, 0.6) is 11.5 Å². The van der Waals surface area contributed by atoms with Gasteiger partial charge in [-0.3, -0.25) is 0 Å². The summed E-state index contributed by atoms with van der Waals surface area (Å²) in [6.07, 6.45) is 1.52. The number of hydrogen-bond donors (Lipinski definition) is 0. The van der Waals surface area contributed by atoms with Crippen LogP contribution in [-0.2, 0) is 16.1 Å². The quantitative estimate of drug-likeness (QED) is 0.323. The van der Waals surface area contributed by atoms with E-state index in [4.69, 9.17) is 37.4 Å². The van der Waals surface area contributed by atoms with E-state index in [9.17, 15) is 9.18 Å². The molecular formula is C24H16Cl2FNO4. The van der Waals surface area contributed by atoms with Crippen LogP contribution in [-0.4, -0.2) is 19.0 Å². The van der Waals surface area contributed by atoms with Gasteiger partial charge in [0, 0.05) is 16.1 Å². The molecule has 0 spiro atoms. The first kappa shape index (κ1) is 21.9. The third-order valence-electron chi connectivity index (χ3n) is 4.60. The number of hydrogen-bond acceptors (Lipinski definition) is 5. The highest BCUT2D eigenvalue weighted by molar-refractivity contribution is 6.32. The highest BCUT2D eigenvalue weighted by Gasteiger charge is 2.24. The molecule has 1 aliphatic heterocycles. The lowest BCUT2D eigenvalue weighted by molar-refractivity contribution is -0.129. The van der Waals surface area contributed by atoms with Crippen molar-refractivity contribution in [1.29, 1.82) is 0 Å². The van der Waals surface area contributed by atoms with E-state index in [1.54, 1.807) is 18.2 Å². The number of carbonyl (C=O) groups excluding carboxylic acids is 1. The van der Waals surface area contributed by atoms with Gasteiger partial charge in [-0.25, -0.2) is 14.2 Å². The van der Waals surface area contributed by atoms with Crippen molar-refractivity contribution in [2.24, 2.45) is 4.99 Å². The third-order valence-corrected chi connectivity index (χ3v) is 5.25. The molecule has 0 N–H and O–H groups in total. The minimum atomic E-state index is -0.626. The van der Waals surface area contributed by atoms with Gasteiger partial charge >= 0.3 is 5.97 Å². The third kappa shape index (κ3) is 4.77. The molecule has 4 rings (SSSR count). The normalized spacial score (nSPS) is 14.3. The Morgan fingerprint density at radius 3 is 2.53 bits per heavy atom. The van der Waals surface area contributed by atoms with E-state index in [0.717, 1.165) is 5.56 Å². The van der Waals surface area contributed by atoms with Crippen molar-refractivity contribution in [3.05, 3.63) is 98.9 Å². The van der Waals surface area contributed by atoms with Gasteiger partial charge in [0.1, 0.15) is 12.4 Å². The number of aliphatic imine (C=N–C) groups is 1. The number of ether oxygens (including phenoxy) is 3. The Balaban J connectivity index is 1.59. The summed E-state index contributed by atoms with van der Waals surface area (Å²) < 4.78 is 29.6. The number of rotatable bonds is 6. The van der Waals surface area contributed by atoms with Gasteiger partial charge in [0.25, 0.3) is 0 Å². The second-order valence-corrected chi connectivity index (χ2v) is 7.57. The second kappa shape index (κ2) is 9.42. The molecule has 0 radical (unpaired) electrons. The Labute approximate surface area is 193 Å². The van der Waals surface area contributed by atoms with E-state index in [2.05, 4.69) is 4.99 Å². The SMILES string of the molecule is COc1cc(/C=C2\N=C(c3ccc(F)cc3)OC2=O)cc(Cl)c1OCc1ccccc1Cl. The Kier molecular flexibility index (Phi) is 6.44. The van der Waals surface area contributed by atoms with Gasteiger partial charge in [0.2, 0.25) is 5.90 Å². The van der Waals surface area contributed by atoms with Crippen LogP contribution in [0.15, 0.2) is 71.4 Å². The van der Waals surface area contributed by atoms with Gasteiger partial charge in [-0.2, -0.15) is 0 Å². The van der Waals surface area contributed by atoms with Crippen molar-refractivity contribution in [3.63, 3.8) is 0 Å². The Hall–Kier alpha value is -3.35. The summed E-state index contributed by atoms with van der Waals surface area (Å²) >= 11 is 12.6. The largest absolute Gasteiger partial charge is 0.493 e. The maximum absolute atomic E-state index is 13.1. The molecule has 162 valence electrons. The first-order valence-electron chi connectivity index (χ1n) is 9.47. The molecule has 32 heavy (non-hydrogen) atoms. The van der Waals surface area contributed by atoms with Crippen molar-refractivity contribution < 1.29 is 23.4 Å². The molecule has 0 saturated heterocycles. The molecule has 5 nitrogen and oxygen atoms in total. The van der Waals surface area contributed by atoms with Crippen LogP contribution in [0.4, 0.5) is 4.39 Å². The summed E-state index contributed by atoms with van der Waals surface area (Å²) in [7, 11) is 1.49. The maximum atomic E-state index is 13.1. The monoisotopic (exact) mass is 471 g/mol. The van der Waals surface area contributed by atoms with Crippen LogP contribution in [0.1, 0.15) is 16.7 Å². The number of nitrogens with zero attached hydrogens (tertiary/aromatic N) is 1. The minimum absolute atomic E-state index is 0.0761. The van der Waals surface area contributed by atoms with Crippen molar-refractivity contribution >= 4 is 41.1 Å². The molecular weight excluding hydrogens is 456 g/mol. The number of esters is 1. The predicted octanol–water partition coefficient (Wildman–Crippen LogP) is 6.06. The molecule has 0 saturated carbocycles. The molecule has 1 aliphatic rings. The van der Waals surface area contributed by atoms with Crippen LogP contribution >= 0.6 is 23.2 Å². The molecule has 0 amide bonds. The van der Waals surface area contributed by atoms with Crippen LogP contribution in [0.25, 0.3) is 6.08 Å². The van der Waals surface area contributed by atoms with E-state index >= 15 is 0 Å². The topological polar surface area (TPSA) is 57.1 Å². The fraction of sp³-hybridized carbons (Fsp3) is 0.0833. The second-order valence-electron chi connectivity index (χ2n) is 6.76. The van der Waals surface area contributed by atoms with Crippen LogP contribution in [0.2, 0.25) is 10.0 Å². The smallest absolute Gasteiger partial charge is 0.363 e. The standard InChI is InChI=1S/C24H16Cl2FNO4/c1-30-21-12-14(10-19(26)22(21)31-13-16-4-2-3-5-18(16)25)11-20-24(29)32-23(28-20)15-6-8-17(27)9-7-15/h2-12H,13H2,1H3/b20-11-. The number of benzene rings is 3. The van der Waals surface area contributed by atoms with Gasteiger partial charge in [0.05, 0.1) is 12.1 Å². The lowest BCUT2D eigenvalue weighted by atomic mass is 10.1. The van der Waals surface area contributed by atoms with Gasteiger partial charge in [0.15, 0.2) is 17.2 Å².